The molecule has 0 saturated carbocycles. The third-order valence-electron chi connectivity index (χ3n) is 2.51. The number of rotatable bonds is 6. The van der Waals surface area contributed by atoms with Crippen LogP contribution in [0.3, 0.4) is 0 Å². The first kappa shape index (κ1) is 11.2. The maximum absolute atomic E-state index is 4.26. The minimum absolute atomic E-state index is 0.558. The summed E-state index contributed by atoms with van der Waals surface area (Å²) >= 11 is 0. The van der Waals surface area contributed by atoms with Crippen LogP contribution in [-0.4, -0.2) is 22.6 Å². The highest BCUT2D eigenvalue weighted by Crippen LogP contribution is 2.14. The molecule has 0 bridgehead atoms. The van der Waals surface area contributed by atoms with Gasteiger partial charge in [0.1, 0.15) is 5.82 Å². The standard InChI is InChI=1S/C11H21N3/c1-4-6-11(9-12-5-2)14-8-7-13-10(14)3/h7-8,11-12H,4-6,9H2,1-3H3. The Kier molecular flexibility index (Phi) is 4.66. The smallest absolute Gasteiger partial charge is 0.105 e. The van der Waals surface area contributed by atoms with Crippen molar-refractivity contribution in [2.45, 2.75) is 39.7 Å². The van der Waals surface area contributed by atoms with Crippen LogP contribution in [0.15, 0.2) is 12.4 Å². The van der Waals surface area contributed by atoms with Gasteiger partial charge in [-0.25, -0.2) is 4.98 Å². The molecule has 1 rings (SSSR count). The summed E-state index contributed by atoms with van der Waals surface area (Å²) in [7, 11) is 0. The van der Waals surface area contributed by atoms with Crippen molar-refractivity contribution < 1.29 is 0 Å². The van der Waals surface area contributed by atoms with Gasteiger partial charge in [-0.15, -0.1) is 0 Å². The molecule has 1 N–H and O–H groups in total. The SMILES string of the molecule is CCCC(CNCC)n1ccnc1C. The van der Waals surface area contributed by atoms with E-state index in [9.17, 15) is 0 Å². The molecule has 1 aromatic rings. The van der Waals surface area contributed by atoms with Crippen LogP contribution in [-0.2, 0) is 0 Å². The van der Waals surface area contributed by atoms with Crippen LogP contribution in [0.4, 0.5) is 0 Å². The zero-order chi connectivity index (χ0) is 10.4. The number of aromatic nitrogens is 2. The summed E-state index contributed by atoms with van der Waals surface area (Å²) in [4.78, 5) is 4.26. The molecule has 1 atom stereocenters. The van der Waals surface area contributed by atoms with E-state index in [2.05, 4.69) is 41.8 Å². The molecule has 14 heavy (non-hydrogen) atoms. The number of imidazole rings is 1. The van der Waals surface area contributed by atoms with E-state index in [1.54, 1.807) is 0 Å². The van der Waals surface area contributed by atoms with E-state index in [-0.39, 0.29) is 0 Å². The predicted octanol–water partition coefficient (Wildman–Crippen LogP) is 2.14. The maximum Gasteiger partial charge on any atom is 0.105 e. The molecule has 0 aliphatic rings. The Morgan fingerprint density at radius 1 is 1.50 bits per heavy atom. The summed E-state index contributed by atoms with van der Waals surface area (Å²) in [5.74, 6) is 1.11. The molecule has 0 aliphatic heterocycles. The van der Waals surface area contributed by atoms with Gasteiger partial charge in [-0.2, -0.15) is 0 Å². The molecule has 0 amide bonds. The van der Waals surface area contributed by atoms with Crippen LogP contribution >= 0.6 is 0 Å². The second-order valence-corrected chi connectivity index (χ2v) is 3.63. The van der Waals surface area contributed by atoms with Gasteiger partial charge in [0.25, 0.3) is 0 Å². The van der Waals surface area contributed by atoms with Gasteiger partial charge in [0.2, 0.25) is 0 Å². The van der Waals surface area contributed by atoms with Crippen LogP contribution in [0.1, 0.15) is 38.6 Å². The lowest BCUT2D eigenvalue weighted by molar-refractivity contribution is 0.426. The van der Waals surface area contributed by atoms with Crippen LogP contribution in [0, 0.1) is 6.92 Å². The van der Waals surface area contributed by atoms with Gasteiger partial charge in [0.15, 0.2) is 0 Å². The topological polar surface area (TPSA) is 29.9 Å². The first-order valence-electron chi connectivity index (χ1n) is 5.49. The maximum atomic E-state index is 4.26. The van der Waals surface area contributed by atoms with Crippen molar-refractivity contribution >= 4 is 0 Å². The highest BCUT2D eigenvalue weighted by molar-refractivity contribution is 4.92. The summed E-state index contributed by atoms with van der Waals surface area (Å²) in [6.07, 6.45) is 6.38. The molecule has 1 unspecified atom stereocenters. The van der Waals surface area contributed by atoms with Gasteiger partial charge < -0.3 is 9.88 Å². The third kappa shape index (κ3) is 2.84. The Morgan fingerprint density at radius 2 is 2.29 bits per heavy atom. The number of nitrogens with zero attached hydrogens (tertiary/aromatic N) is 2. The lowest BCUT2D eigenvalue weighted by Crippen LogP contribution is -2.25. The van der Waals surface area contributed by atoms with Crippen molar-refractivity contribution in [3.63, 3.8) is 0 Å². The van der Waals surface area contributed by atoms with Crippen molar-refractivity contribution in [2.24, 2.45) is 0 Å². The minimum atomic E-state index is 0.558. The van der Waals surface area contributed by atoms with Crippen LogP contribution in [0.25, 0.3) is 0 Å². The number of nitrogens with one attached hydrogen (secondary N) is 1. The summed E-state index contributed by atoms with van der Waals surface area (Å²) in [5, 5.41) is 3.40. The van der Waals surface area contributed by atoms with Crippen molar-refractivity contribution in [3.8, 4) is 0 Å². The summed E-state index contributed by atoms with van der Waals surface area (Å²) in [5.41, 5.74) is 0. The number of aryl methyl sites for hydroxylation is 1. The molecule has 3 nitrogen and oxygen atoms in total. The van der Waals surface area contributed by atoms with Crippen LogP contribution in [0.5, 0.6) is 0 Å². The molecule has 80 valence electrons. The zero-order valence-corrected chi connectivity index (χ0v) is 9.45. The number of likely N-dealkylation sites (N-methyl/N-ethyl adjacent to an activating group) is 1. The molecule has 0 saturated heterocycles. The molecule has 1 heterocycles. The average molecular weight is 195 g/mol. The second-order valence-electron chi connectivity index (χ2n) is 3.63. The van der Waals surface area contributed by atoms with E-state index in [4.69, 9.17) is 0 Å². The Hall–Kier alpha value is -0.830. The Labute approximate surface area is 86.5 Å². The second kappa shape index (κ2) is 5.81. The predicted molar refractivity (Wildman–Crippen MR) is 59.5 cm³/mol. The van der Waals surface area contributed by atoms with E-state index in [1.165, 1.54) is 12.8 Å². The fourth-order valence-electron chi connectivity index (χ4n) is 1.76. The van der Waals surface area contributed by atoms with Gasteiger partial charge in [-0.1, -0.05) is 20.3 Å². The minimum Gasteiger partial charge on any atom is -0.331 e. The molecule has 0 aromatic carbocycles. The molecule has 0 fully saturated rings. The monoisotopic (exact) mass is 195 g/mol. The van der Waals surface area contributed by atoms with Gasteiger partial charge in [-0.05, 0) is 19.9 Å². The van der Waals surface area contributed by atoms with Crippen molar-refractivity contribution in [3.05, 3.63) is 18.2 Å². The van der Waals surface area contributed by atoms with Crippen LogP contribution in [0.2, 0.25) is 0 Å². The lowest BCUT2D eigenvalue weighted by atomic mass is 10.1. The van der Waals surface area contributed by atoms with E-state index in [0.717, 1.165) is 18.9 Å². The summed E-state index contributed by atoms with van der Waals surface area (Å²) < 4.78 is 2.27. The summed E-state index contributed by atoms with van der Waals surface area (Å²) in [6.45, 7) is 8.51. The lowest BCUT2D eigenvalue weighted by Gasteiger charge is -2.19. The molecule has 1 aromatic heterocycles. The van der Waals surface area contributed by atoms with Crippen molar-refractivity contribution in [2.75, 3.05) is 13.1 Å². The zero-order valence-electron chi connectivity index (χ0n) is 9.45. The summed E-state index contributed by atoms with van der Waals surface area (Å²) in [6, 6.07) is 0.558. The first-order chi connectivity index (χ1) is 6.79. The van der Waals surface area contributed by atoms with Gasteiger partial charge in [0, 0.05) is 25.0 Å². The highest BCUT2D eigenvalue weighted by atomic mass is 15.1. The normalized spacial score (nSPS) is 13.1. The fraction of sp³-hybridized carbons (Fsp3) is 0.727. The Balaban J connectivity index is 2.62. The number of hydrogen-bond acceptors (Lipinski definition) is 2. The van der Waals surface area contributed by atoms with Gasteiger partial charge >= 0.3 is 0 Å². The Morgan fingerprint density at radius 3 is 2.79 bits per heavy atom. The molecular formula is C11H21N3. The highest BCUT2D eigenvalue weighted by Gasteiger charge is 2.10. The molecule has 3 heteroatoms. The molecule has 0 spiro atoms. The van der Waals surface area contributed by atoms with E-state index < -0.39 is 0 Å². The first-order valence-corrected chi connectivity index (χ1v) is 5.49. The van der Waals surface area contributed by atoms with E-state index in [1.807, 2.05) is 6.20 Å². The van der Waals surface area contributed by atoms with Crippen molar-refractivity contribution in [1.82, 2.24) is 14.9 Å². The van der Waals surface area contributed by atoms with Gasteiger partial charge in [-0.3, -0.25) is 0 Å². The van der Waals surface area contributed by atoms with E-state index in [0.29, 0.717) is 6.04 Å². The largest absolute Gasteiger partial charge is 0.331 e. The molecule has 0 aliphatic carbocycles. The molecule has 0 radical (unpaired) electrons. The third-order valence-corrected chi connectivity index (χ3v) is 2.51. The molecular weight excluding hydrogens is 174 g/mol. The van der Waals surface area contributed by atoms with Gasteiger partial charge in [0.05, 0.1) is 0 Å². The fourth-order valence-corrected chi connectivity index (χ4v) is 1.76. The quantitative estimate of drug-likeness (QED) is 0.753. The van der Waals surface area contributed by atoms with Crippen molar-refractivity contribution in [1.29, 1.82) is 0 Å². The Bertz CT molecular complexity index is 255. The average Bonchev–Trinajstić information content (AvgIpc) is 2.59. The number of hydrogen-bond donors (Lipinski definition) is 1. The van der Waals surface area contributed by atoms with E-state index >= 15 is 0 Å². The van der Waals surface area contributed by atoms with Crippen LogP contribution < -0.4 is 5.32 Å².